The highest BCUT2D eigenvalue weighted by Gasteiger charge is 2.09. The molecule has 98 valence electrons. The number of carboxylic acid groups (broad SMARTS) is 1. The molecule has 0 unspecified atom stereocenters. The van der Waals surface area contributed by atoms with Gasteiger partial charge in [-0.25, -0.2) is 9.78 Å². The van der Waals surface area contributed by atoms with Crippen LogP contribution in [0, 0.1) is 0 Å². The number of benzene rings is 1. The number of halogens is 1. The molecule has 0 amide bonds. The largest absolute Gasteiger partial charge is 0.477 e. The smallest absolute Gasteiger partial charge is 0.354 e. The highest BCUT2D eigenvalue weighted by Crippen LogP contribution is 2.15. The van der Waals surface area contributed by atoms with E-state index in [9.17, 15) is 9.00 Å². The van der Waals surface area contributed by atoms with Crippen LogP contribution < -0.4 is 0 Å². The summed E-state index contributed by atoms with van der Waals surface area (Å²) in [5.41, 5.74) is 0.789. The maximum absolute atomic E-state index is 12.1. The second-order valence-corrected chi connectivity index (χ2v) is 5.69. The first-order chi connectivity index (χ1) is 9.06. The van der Waals surface area contributed by atoms with Crippen LogP contribution >= 0.6 is 11.6 Å². The normalized spacial score (nSPS) is 12.1. The summed E-state index contributed by atoms with van der Waals surface area (Å²) in [6.07, 6.45) is 1.32. The molecule has 0 saturated carbocycles. The first-order valence-electron chi connectivity index (χ1n) is 5.38. The van der Waals surface area contributed by atoms with Crippen LogP contribution in [0.25, 0.3) is 0 Å². The summed E-state index contributed by atoms with van der Waals surface area (Å²) in [5, 5.41) is 9.32. The zero-order valence-electron chi connectivity index (χ0n) is 9.75. The second-order valence-electron chi connectivity index (χ2n) is 3.80. The number of nitrogens with zero attached hydrogens (tertiary/aromatic N) is 1. The van der Waals surface area contributed by atoms with Crippen LogP contribution in [0.15, 0.2) is 47.5 Å². The van der Waals surface area contributed by atoms with Gasteiger partial charge in [-0.2, -0.15) is 0 Å². The average Bonchev–Trinajstić information content (AvgIpc) is 2.39. The maximum Gasteiger partial charge on any atom is 0.354 e. The van der Waals surface area contributed by atoms with E-state index >= 15 is 0 Å². The van der Waals surface area contributed by atoms with Crippen molar-refractivity contribution < 1.29 is 14.1 Å². The Labute approximate surface area is 117 Å². The molecular formula is C13H10ClNO3S. The summed E-state index contributed by atoms with van der Waals surface area (Å²) in [7, 11) is -1.28. The molecule has 0 radical (unpaired) electrons. The Morgan fingerprint density at radius 3 is 2.68 bits per heavy atom. The third-order valence-electron chi connectivity index (χ3n) is 2.41. The lowest BCUT2D eigenvalue weighted by molar-refractivity contribution is 0.0690. The van der Waals surface area contributed by atoms with E-state index in [1.54, 1.807) is 18.2 Å². The topological polar surface area (TPSA) is 67.3 Å². The molecule has 1 atom stereocenters. The van der Waals surface area contributed by atoms with E-state index in [0.717, 1.165) is 5.56 Å². The van der Waals surface area contributed by atoms with Crippen LogP contribution in [0.4, 0.5) is 0 Å². The summed E-state index contributed by atoms with van der Waals surface area (Å²) in [6, 6.07) is 9.98. The van der Waals surface area contributed by atoms with Gasteiger partial charge in [0.05, 0.1) is 21.4 Å². The van der Waals surface area contributed by atoms with E-state index in [-0.39, 0.29) is 5.69 Å². The Balaban J connectivity index is 2.14. The SMILES string of the molecule is O=C(O)c1ccc([S@@](=O)Cc2cccc(Cl)c2)cn1. The van der Waals surface area contributed by atoms with E-state index in [0.29, 0.717) is 15.7 Å². The minimum atomic E-state index is -1.28. The zero-order chi connectivity index (χ0) is 13.8. The quantitative estimate of drug-likeness (QED) is 0.942. The van der Waals surface area contributed by atoms with E-state index in [2.05, 4.69) is 4.98 Å². The predicted molar refractivity (Wildman–Crippen MR) is 72.8 cm³/mol. The minimum Gasteiger partial charge on any atom is -0.477 e. The molecule has 1 N–H and O–H groups in total. The molecule has 0 spiro atoms. The van der Waals surface area contributed by atoms with Crippen LogP contribution in [0.1, 0.15) is 16.1 Å². The van der Waals surface area contributed by atoms with Crippen molar-refractivity contribution in [1.29, 1.82) is 0 Å². The third-order valence-corrected chi connectivity index (χ3v) is 4.00. The van der Waals surface area contributed by atoms with E-state index in [4.69, 9.17) is 16.7 Å². The lowest BCUT2D eigenvalue weighted by atomic mass is 10.2. The first-order valence-corrected chi connectivity index (χ1v) is 7.08. The molecule has 4 nitrogen and oxygen atoms in total. The van der Waals surface area contributed by atoms with Gasteiger partial charge in [-0.1, -0.05) is 23.7 Å². The van der Waals surface area contributed by atoms with Crippen molar-refractivity contribution in [2.24, 2.45) is 0 Å². The van der Waals surface area contributed by atoms with E-state index in [1.807, 2.05) is 6.07 Å². The monoisotopic (exact) mass is 295 g/mol. The van der Waals surface area contributed by atoms with Crippen LogP contribution in [-0.4, -0.2) is 20.3 Å². The Morgan fingerprint density at radius 1 is 1.32 bits per heavy atom. The van der Waals surface area contributed by atoms with Gasteiger partial charge in [0.15, 0.2) is 0 Å². The van der Waals surface area contributed by atoms with E-state index in [1.165, 1.54) is 18.3 Å². The molecule has 0 aliphatic rings. The Kier molecular flexibility index (Phi) is 4.29. The summed E-state index contributed by atoms with van der Waals surface area (Å²) >= 11 is 5.85. The van der Waals surface area contributed by atoms with Crippen LogP contribution in [0.5, 0.6) is 0 Å². The van der Waals surface area contributed by atoms with Crippen LogP contribution in [0.3, 0.4) is 0 Å². The highest BCUT2D eigenvalue weighted by atomic mass is 35.5. The fourth-order valence-corrected chi connectivity index (χ4v) is 2.75. The van der Waals surface area contributed by atoms with Crippen molar-refractivity contribution in [1.82, 2.24) is 4.98 Å². The lowest BCUT2D eigenvalue weighted by Gasteiger charge is -2.03. The van der Waals surface area contributed by atoms with Crippen molar-refractivity contribution in [2.45, 2.75) is 10.6 Å². The number of pyridine rings is 1. The molecule has 0 bridgehead atoms. The molecule has 0 aliphatic carbocycles. The minimum absolute atomic E-state index is 0.0662. The number of carboxylic acids is 1. The average molecular weight is 296 g/mol. The van der Waals surface area contributed by atoms with Crippen molar-refractivity contribution >= 4 is 28.4 Å². The van der Waals surface area contributed by atoms with Crippen molar-refractivity contribution in [2.75, 3.05) is 0 Å². The highest BCUT2D eigenvalue weighted by molar-refractivity contribution is 7.84. The summed E-state index contributed by atoms with van der Waals surface area (Å²) < 4.78 is 12.1. The summed E-state index contributed by atoms with van der Waals surface area (Å²) in [6.45, 7) is 0. The third kappa shape index (κ3) is 3.62. The molecular weight excluding hydrogens is 286 g/mol. The van der Waals surface area contributed by atoms with Gasteiger partial charge in [0.1, 0.15) is 5.69 Å². The number of aromatic nitrogens is 1. The van der Waals surface area contributed by atoms with Crippen molar-refractivity contribution in [3.05, 3.63) is 58.9 Å². The van der Waals surface area contributed by atoms with Gasteiger partial charge in [0.2, 0.25) is 0 Å². The van der Waals surface area contributed by atoms with Gasteiger partial charge >= 0.3 is 5.97 Å². The van der Waals surface area contributed by atoms with Gasteiger partial charge < -0.3 is 5.11 Å². The van der Waals surface area contributed by atoms with Gasteiger partial charge in [0.25, 0.3) is 0 Å². The molecule has 1 heterocycles. The molecule has 2 rings (SSSR count). The van der Waals surface area contributed by atoms with Crippen molar-refractivity contribution in [3.8, 4) is 0 Å². The summed E-state index contributed by atoms with van der Waals surface area (Å²) in [4.78, 5) is 14.9. The molecule has 6 heteroatoms. The number of carbonyl (C=O) groups is 1. The number of rotatable bonds is 4. The second kappa shape index (κ2) is 5.95. The first kappa shape index (κ1) is 13.7. The maximum atomic E-state index is 12.1. The standard InChI is InChI=1S/C13H10ClNO3S/c14-10-3-1-2-9(6-10)8-19(18)11-4-5-12(13(16)17)15-7-11/h1-7H,8H2,(H,16,17)/t19-/m0/s1. The molecule has 0 fully saturated rings. The van der Waals surface area contributed by atoms with Crippen LogP contribution in [0.2, 0.25) is 5.02 Å². The Morgan fingerprint density at radius 2 is 2.11 bits per heavy atom. The summed E-state index contributed by atoms with van der Waals surface area (Å²) in [5.74, 6) is -0.790. The number of hydrogen-bond donors (Lipinski definition) is 1. The number of hydrogen-bond acceptors (Lipinski definition) is 3. The van der Waals surface area contributed by atoms with E-state index < -0.39 is 16.8 Å². The predicted octanol–water partition coefficient (Wildman–Crippen LogP) is 2.74. The van der Waals surface area contributed by atoms with Gasteiger partial charge in [-0.05, 0) is 29.8 Å². The van der Waals surface area contributed by atoms with Crippen molar-refractivity contribution in [3.63, 3.8) is 0 Å². The Hall–Kier alpha value is -1.72. The molecule has 0 saturated heterocycles. The zero-order valence-corrected chi connectivity index (χ0v) is 11.3. The van der Waals surface area contributed by atoms with Gasteiger partial charge in [-0.3, -0.25) is 4.21 Å². The molecule has 19 heavy (non-hydrogen) atoms. The fourth-order valence-electron chi connectivity index (χ4n) is 1.50. The Bertz CT molecular complexity index is 628. The molecule has 0 aliphatic heterocycles. The fraction of sp³-hybridized carbons (Fsp3) is 0.0769. The lowest BCUT2D eigenvalue weighted by Crippen LogP contribution is -2.02. The van der Waals surface area contributed by atoms with Gasteiger partial charge in [-0.15, -0.1) is 0 Å². The van der Waals surface area contributed by atoms with Gasteiger partial charge in [0, 0.05) is 11.2 Å². The molecule has 1 aromatic carbocycles. The number of aromatic carboxylic acids is 1. The van der Waals surface area contributed by atoms with Crippen LogP contribution in [-0.2, 0) is 16.6 Å². The molecule has 2 aromatic rings. The molecule has 1 aromatic heterocycles.